The van der Waals surface area contributed by atoms with Crippen molar-refractivity contribution in [3.63, 3.8) is 0 Å². The molecule has 2 aromatic rings. The van der Waals surface area contributed by atoms with Gasteiger partial charge in [-0.15, -0.1) is 5.10 Å². The maximum absolute atomic E-state index is 4.02. The molecule has 0 atom stereocenters. The largest absolute Gasteiger partial charge is 0.258 e. The average molecular weight is 228 g/mol. The summed E-state index contributed by atoms with van der Waals surface area (Å²) in [4.78, 5) is 0. The van der Waals surface area contributed by atoms with E-state index in [1.165, 1.54) is 0 Å². The van der Waals surface area contributed by atoms with Crippen molar-refractivity contribution in [2.24, 2.45) is 0 Å². The lowest BCUT2D eigenvalue weighted by atomic mass is 10.2. The standard InChI is InChI=1S/C11H12N6/c1-3-5-10-11(15-17-14-10)7-4-6-9-8(2)12-16-13-9/h3-7H,2H2,1H3,(H,12,13)(H,14,15,17)/b5-3-,7-4-,9-6+. The molecule has 2 aromatic heterocycles. The van der Waals surface area contributed by atoms with Gasteiger partial charge in [0.25, 0.3) is 0 Å². The Balaban J connectivity index is 2.25. The molecule has 0 saturated heterocycles. The molecule has 0 spiro atoms. The first kappa shape index (κ1) is 11.0. The van der Waals surface area contributed by atoms with Crippen LogP contribution in [0.1, 0.15) is 18.3 Å². The number of hydrogen-bond acceptors (Lipinski definition) is 4. The minimum atomic E-state index is 0.684. The van der Waals surface area contributed by atoms with Crippen LogP contribution in [-0.2, 0) is 0 Å². The summed E-state index contributed by atoms with van der Waals surface area (Å²) in [5, 5.41) is 22.2. The van der Waals surface area contributed by atoms with E-state index in [0.29, 0.717) is 10.7 Å². The lowest BCUT2D eigenvalue weighted by Gasteiger charge is -1.84. The summed E-state index contributed by atoms with van der Waals surface area (Å²) in [6.45, 7) is 5.68. The fourth-order valence-corrected chi connectivity index (χ4v) is 1.27. The molecule has 0 saturated carbocycles. The molecule has 0 bridgehead atoms. The van der Waals surface area contributed by atoms with E-state index in [-0.39, 0.29) is 0 Å². The van der Waals surface area contributed by atoms with Crippen molar-refractivity contribution in [3.05, 3.63) is 34.2 Å². The normalized spacial score (nSPS) is 13.1. The van der Waals surface area contributed by atoms with Gasteiger partial charge in [-0.05, 0) is 25.2 Å². The molecule has 2 N–H and O–H groups in total. The van der Waals surface area contributed by atoms with E-state index < -0.39 is 0 Å². The van der Waals surface area contributed by atoms with Crippen LogP contribution in [0.25, 0.3) is 24.8 Å². The van der Waals surface area contributed by atoms with E-state index in [0.717, 1.165) is 11.4 Å². The van der Waals surface area contributed by atoms with Gasteiger partial charge in [0.05, 0.1) is 5.35 Å². The second-order valence-electron chi connectivity index (χ2n) is 3.30. The Morgan fingerprint density at radius 2 is 1.94 bits per heavy atom. The van der Waals surface area contributed by atoms with Crippen LogP contribution in [0.15, 0.2) is 12.2 Å². The third-order valence-electron chi connectivity index (χ3n) is 2.09. The maximum Gasteiger partial charge on any atom is 0.112 e. The molecular formula is C11H12N6. The van der Waals surface area contributed by atoms with Gasteiger partial charge >= 0.3 is 0 Å². The number of aromatic nitrogens is 6. The summed E-state index contributed by atoms with van der Waals surface area (Å²) < 4.78 is 0. The average Bonchev–Trinajstić information content (AvgIpc) is 2.90. The highest BCUT2D eigenvalue weighted by molar-refractivity contribution is 5.62. The summed E-state index contributed by atoms with van der Waals surface area (Å²) in [7, 11) is 0. The van der Waals surface area contributed by atoms with E-state index in [2.05, 4.69) is 37.4 Å². The Morgan fingerprint density at radius 1 is 1.18 bits per heavy atom. The van der Waals surface area contributed by atoms with Crippen LogP contribution < -0.4 is 10.7 Å². The number of allylic oxidation sites excluding steroid dienone is 2. The van der Waals surface area contributed by atoms with Crippen molar-refractivity contribution >= 4 is 24.8 Å². The van der Waals surface area contributed by atoms with Crippen molar-refractivity contribution in [1.82, 2.24) is 30.8 Å². The molecule has 6 heteroatoms. The molecule has 6 nitrogen and oxygen atoms in total. The molecule has 2 rings (SSSR count). The Bertz CT molecular complexity index is 646. The van der Waals surface area contributed by atoms with Crippen molar-refractivity contribution in [2.45, 2.75) is 6.92 Å². The number of rotatable bonds is 3. The van der Waals surface area contributed by atoms with E-state index in [1.807, 2.05) is 31.2 Å². The Kier molecular flexibility index (Phi) is 3.25. The number of nitrogens with zero attached hydrogens (tertiary/aromatic N) is 4. The van der Waals surface area contributed by atoms with Gasteiger partial charge in [-0.25, -0.2) is 0 Å². The summed E-state index contributed by atoms with van der Waals surface area (Å²) in [5.74, 6) is 0. The zero-order valence-electron chi connectivity index (χ0n) is 9.38. The molecule has 0 aliphatic carbocycles. The lowest BCUT2D eigenvalue weighted by Crippen LogP contribution is -2.21. The topological polar surface area (TPSA) is 83.1 Å². The van der Waals surface area contributed by atoms with Crippen molar-refractivity contribution in [1.29, 1.82) is 0 Å². The van der Waals surface area contributed by atoms with Gasteiger partial charge < -0.3 is 0 Å². The van der Waals surface area contributed by atoms with Crippen LogP contribution in [0.4, 0.5) is 0 Å². The van der Waals surface area contributed by atoms with E-state index in [9.17, 15) is 0 Å². The van der Waals surface area contributed by atoms with Gasteiger partial charge in [0.2, 0.25) is 0 Å². The molecule has 17 heavy (non-hydrogen) atoms. The number of H-pyrrole nitrogens is 2. The van der Waals surface area contributed by atoms with Gasteiger partial charge in [0, 0.05) is 0 Å². The molecule has 0 fully saturated rings. The number of hydrogen-bond donors (Lipinski definition) is 2. The highest BCUT2D eigenvalue weighted by Crippen LogP contribution is 2.05. The summed E-state index contributed by atoms with van der Waals surface area (Å²) in [6.07, 6.45) is 9.26. The summed E-state index contributed by atoms with van der Waals surface area (Å²) in [5.41, 5.74) is 1.57. The monoisotopic (exact) mass is 228 g/mol. The number of nitrogens with one attached hydrogen (secondary N) is 2. The maximum atomic E-state index is 4.02. The second kappa shape index (κ2) is 5.02. The lowest BCUT2D eigenvalue weighted by molar-refractivity contribution is 0.926. The zero-order valence-corrected chi connectivity index (χ0v) is 9.38. The zero-order chi connectivity index (χ0) is 12.1. The predicted molar refractivity (Wildman–Crippen MR) is 65.7 cm³/mol. The molecular weight excluding hydrogens is 216 g/mol. The second-order valence-corrected chi connectivity index (χ2v) is 3.30. The molecule has 0 unspecified atom stereocenters. The minimum Gasteiger partial charge on any atom is -0.258 e. The summed E-state index contributed by atoms with van der Waals surface area (Å²) in [6, 6.07) is 0. The van der Waals surface area contributed by atoms with E-state index >= 15 is 0 Å². The van der Waals surface area contributed by atoms with Crippen molar-refractivity contribution in [3.8, 4) is 0 Å². The third kappa shape index (κ3) is 2.54. The van der Waals surface area contributed by atoms with Crippen molar-refractivity contribution < 1.29 is 0 Å². The smallest absolute Gasteiger partial charge is 0.112 e. The first-order valence-corrected chi connectivity index (χ1v) is 5.09. The van der Waals surface area contributed by atoms with E-state index in [1.54, 1.807) is 6.08 Å². The van der Waals surface area contributed by atoms with Gasteiger partial charge in [-0.3, -0.25) is 5.10 Å². The molecule has 0 radical (unpaired) electrons. The van der Waals surface area contributed by atoms with Crippen LogP contribution in [0.5, 0.6) is 0 Å². The Labute approximate surface area is 97.5 Å². The highest BCUT2D eigenvalue weighted by Gasteiger charge is 1.98. The minimum absolute atomic E-state index is 0.684. The van der Waals surface area contributed by atoms with Crippen LogP contribution in [0.2, 0.25) is 0 Å². The molecule has 0 aromatic carbocycles. The first-order valence-electron chi connectivity index (χ1n) is 5.09. The van der Waals surface area contributed by atoms with Crippen LogP contribution in [-0.4, -0.2) is 30.8 Å². The van der Waals surface area contributed by atoms with Crippen molar-refractivity contribution in [2.75, 3.05) is 0 Å². The third-order valence-corrected chi connectivity index (χ3v) is 2.09. The highest BCUT2D eigenvalue weighted by atomic mass is 15.3. The molecule has 0 aliphatic heterocycles. The van der Waals surface area contributed by atoms with Crippen LogP contribution in [0.3, 0.4) is 0 Å². The molecule has 0 amide bonds. The fraction of sp³-hybridized carbons (Fsp3) is 0.0909. The van der Waals surface area contributed by atoms with E-state index in [4.69, 9.17) is 0 Å². The van der Waals surface area contributed by atoms with Gasteiger partial charge in [0.15, 0.2) is 0 Å². The summed E-state index contributed by atoms with van der Waals surface area (Å²) >= 11 is 0. The quantitative estimate of drug-likeness (QED) is 0.766. The van der Waals surface area contributed by atoms with Gasteiger partial charge in [-0.2, -0.15) is 15.4 Å². The van der Waals surface area contributed by atoms with Gasteiger partial charge in [0.1, 0.15) is 16.7 Å². The Hall–Kier alpha value is -2.50. The first-order chi connectivity index (χ1) is 8.31. The molecule has 0 aliphatic rings. The SMILES string of the molecule is C=c1[nH]nn/c1=C/C=C\c1n[nH]nc1/C=C\C. The molecule has 2 heterocycles. The molecule has 86 valence electrons. The van der Waals surface area contributed by atoms with Crippen LogP contribution in [0, 0.1) is 0 Å². The predicted octanol–water partition coefficient (Wildman–Crippen LogP) is -0.140. The fourth-order valence-electron chi connectivity index (χ4n) is 1.27. The number of aromatic amines is 2. The van der Waals surface area contributed by atoms with Gasteiger partial charge in [-0.1, -0.05) is 23.9 Å². The Morgan fingerprint density at radius 3 is 2.59 bits per heavy atom. The van der Waals surface area contributed by atoms with Crippen LogP contribution >= 0.6 is 0 Å².